The number of hydrogen-bond donors (Lipinski definition) is 0. The second-order valence-corrected chi connectivity index (χ2v) is 6.48. The van der Waals surface area contributed by atoms with Gasteiger partial charge < -0.3 is 4.90 Å². The summed E-state index contributed by atoms with van der Waals surface area (Å²) in [6.45, 7) is 3.97. The van der Waals surface area contributed by atoms with Crippen LogP contribution in [0.15, 0.2) is 22.7 Å². The summed E-state index contributed by atoms with van der Waals surface area (Å²) in [7, 11) is 0. The van der Waals surface area contributed by atoms with Crippen LogP contribution in [0.3, 0.4) is 0 Å². The van der Waals surface area contributed by atoms with Gasteiger partial charge in [-0.2, -0.15) is 0 Å². The summed E-state index contributed by atoms with van der Waals surface area (Å²) < 4.78 is 1.07. The third-order valence-electron chi connectivity index (χ3n) is 4.42. The first kappa shape index (κ1) is 12.2. The molecule has 2 fully saturated rings. The van der Waals surface area contributed by atoms with Crippen LogP contribution in [0.4, 0.5) is 0 Å². The lowest BCUT2D eigenvalue weighted by molar-refractivity contribution is 0.0780. The number of carbonyl (C=O) groups excluding carboxylic acids is 1. The number of likely N-dealkylation sites (tertiary alicyclic amines) is 1. The number of amides is 1. The Morgan fingerprint density at radius 3 is 2.56 bits per heavy atom. The standard InChI is InChI=1S/C15H18BrNO/c1-10-7-11(5-6-14(10)16)15(18)17-8-12-3-2-4-13(12)9-17/h5-7,12-13H,2-4,8-9H2,1H3. The van der Waals surface area contributed by atoms with E-state index in [1.807, 2.05) is 25.1 Å². The molecule has 0 aromatic heterocycles. The molecule has 3 rings (SSSR count). The molecule has 1 aliphatic heterocycles. The highest BCUT2D eigenvalue weighted by atomic mass is 79.9. The lowest BCUT2D eigenvalue weighted by atomic mass is 10.0. The van der Waals surface area contributed by atoms with Gasteiger partial charge in [0.25, 0.3) is 5.91 Å². The molecule has 1 saturated carbocycles. The zero-order valence-corrected chi connectivity index (χ0v) is 12.2. The molecule has 0 spiro atoms. The topological polar surface area (TPSA) is 20.3 Å². The van der Waals surface area contributed by atoms with E-state index in [-0.39, 0.29) is 5.91 Å². The highest BCUT2D eigenvalue weighted by Crippen LogP contribution is 2.38. The van der Waals surface area contributed by atoms with Gasteiger partial charge in [0.05, 0.1) is 0 Å². The SMILES string of the molecule is Cc1cc(C(=O)N2CC3CCCC3C2)ccc1Br. The molecule has 0 radical (unpaired) electrons. The number of hydrogen-bond acceptors (Lipinski definition) is 1. The number of carbonyl (C=O) groups is 1. The van der Waals surface area contributed by atoms with Crippen LogP contribution in [0.5, 0.6) is 0 Å². The minimum atomic E-state index is 0.208. The summed E-state index contributed by atoms with van der Waals surface area (Å²) >= 11 is 3.48. The van der Waals surface area contributed by atoms with Crippen molar-refractivity contribution in [1.29, 1.82) is 0 Å². The van der Waals surface area contributed by atoms with E-state index in [9.17, 15) is 4.79 Å². The van der Waals surface area contributed by atoms with Crippen molar-refractivity contribution in [2.24, 2.45) is 11.8 Å². The maximum atomic E-state index is 12.5. The second-order valence-electron chi connectivity index (χ2n) is 5.63. The molecule has 1 aromatic rings. The molecule has 1 amide bonds. The molecule has 18 heavy (non-hydrogen) atoms. The average Bonchev–Trinajstić information content (AvgIpc) is 2.92. The second kappa shape index (κ2) is 4.69. The van der Waals surface area contributed by atoms with E-state index in [2.05, 4.69) is 20.8 Å². The molecule has 2 aliphatic rings. The number of fused-ring (bicyclic) bond motifs is 1. The fourth-order valence-corrected chi connectivity index (χ4v) is 3.61. The molecule has 0 N–H and O–H groups in total. The average molecular weight is 308 g/mol. The van der Waals surface area contributed by atoms with Crippen molar-refractivity contribution in [3.63, 3.8) is 0 Å². The van der Waals surface area contributed by atoms with E-state index in [0.29, 0.717) is 0 Å². The van der Waals surface area contributed by atoms with Gasteiger partial charge in [-0.25, -0.2) is 0 Å². The van der Waals surface area contributed by atoms with Crippen molar-refractivity contribution < 1.29 is 4.79 Å². The third-order valence-corrected chi connectivity index (χ3v) is 5.31. The summed E-state index contributed by atoms with van der Waals surface area (Å²) in [6.07, 6.45) is 3.98. The van der Waals surface area contributed by atoms with Gasteiger partial charge >= 0.3 is 0 Å². The first-order valence-electron chi connectivity index (χ1n) is 6.70. The van der Waals surface area contributed by atoms with Gasteiger partial charge in [-0.1, -0.05) is 22.4 Å². The van der Waals surface area contributed by atoms with Gasteiger partial charge in [-0.15, -0.1) is 0 Å². The largest absolute Gasteiger partial charge is 0.338 e. The van der Waals surface area contributed by atoms with E-state index >= 15 is 0 Å². The summed E-state index contributed by atoms with van der Waals surface area (Å²) in [5.74, 6) is 1.75. The molecule has 2 atom stereocenters. The van der Waals surface area contributed by atoms with Crippen molar-refractivity contribution >= 4 is 21.8 Å². The number of nitrogens with zero attached hydrogens (tertiary/aromatic N) is 1. The first-order chi connectivity index (χ1) is 8.65. The van der Waals surface area contributed by atoms with E-state index in [1.54, 1.807) is 0 Å². The highest BCUT2D eigenvalue weighted by molar-refractivity contribution is 9.10. The molecule has 1 aromatic carbocycles. The van der Waals surface area contributed by atoms with Gasteiger partial charge in [0, 0.05) is 23.1 Å². The van der Waals surface area contributed by atoms with Crippen LogP contribution in [0.2, 0.25) is 0 Å². The van der Waals surface area contributed by atoms with Gasteiger partial charge in [0.15, 0.2) is 0 Å². The number of benzene rings is 1. The normalized spacial score (nSPS) is 26.4. The monoisotopic (exact) mass is 307 g/mol. The number of rotatable bonds is 1. The van der Waals surface area contributed by atoms with Gasteiger partial charge in [0.1, 0.15) is 0 Å². The lowest BCUT2D eigenvalue weighted by Crippen LogP contribution is -2.29. The Morgan fingerprint density at radius 1 is 1.28 bits per heavy atom. The number of aryl methyl sites for hydroxylation is 1. The fraction of sp³-hybridized carbons (Fsp3) is 0.533. The maximum Gasteiger partial charge on any atom is 0.253 e. The lowest BCUT2D eigenvalue weighted by Gasteiger charge is -2.17. The molecule has 1 aliphatic carbocycles. The summed E-state index contributed by atoms with van der Waals surface area (Å²) in [5.41, 5.74) is 1.95. The predicted octanol–water partition coefficient (Wildman–Crippen LogP) is 3.63. The van der Waals surface area contributed by atoms with Gasteiger partial charge in [-0.05, 0) is 55.4 Å². The van der Waals surface area contributed by atoms with Crippen LogP contribution in [0, 0.1) is 18.8 Å². The molecular weight excluding hydrogens is 290 g/mol. The van der Waals surface area contributed by atoms with Crippen LogP contribution < -0.4 is 0 Å². The Bertz CT molecular complexity index is 473. The smallest absolute Gasteiger partial charge is 0.253 e. The van der Waals surface area contributed by atoms with E-state index in [0.717, 1.165) is 40.5 Å². The molecule has 3 heteroatoms. The van der Waals surface area contributed by atoms with Crippen molar-refractivity contribution in [2.45, 2.75) is 26.2 Å². The number of halogens is 1. The van der Waals surface area contributed by atoms with Crippen LogP contribution in [0.1, 0.15) is 35.2 Å². The zero-order chi connectivity index (χ0) is 12.7. The minimum absolute atomic E-state index is 0.208. The third kappa shape index (κ3) is 2.09. The fourth-order valence-electron chi connectivity index (χ4n) is 3.36. The van der Waals surface area contributed by atoms with E-state index < -0.39 is 0 Å². The first-order valence-corrected chi connectivity index (χ1v) is 7.50. The highest BCUT2D eigenvalue weighted by Gasteiger charge is 2.38. The van der Waals surface area contributed by atoms with E-state index in [4.69, 9.17) is 0 Å². The summed E-state index contributed by atoms with van der Waals surface area (Å²) in [6, 6.07) is 5.88. The van der Waals surface area contributed by atoms with Gasteiger partial charge in [-0.3, -0.25) is 4.79 Å². The molecular formula is C15H18BrNO. The van der Waals surface area contributed by atoms with Crippen LogP contribution in [0.25, 0.3) is 0 Å². The van der Waals surface area contributed by atoms with Crippen LogP contribution >= 0.6 is 15.9 Å². The molecule has 1 heterocycles. The predicted molar refractivity (Wildman–Crippen MR) is 75.6 cm³/mol. The Morgan fingerprint density at radius 2 is 1.94 bits per heavy atom. The molecule has 96 valence electrons. The Kier molecular flexibility index (Phi) is 3.18. The van der Waals surface area contributed by atoms with E-state index in [1.165, 1.54) is 19.3 Å². The van der Waals surface area contributed by atoms with Gasteiger partial charge in [0.2, 0.25) is 0 Å². The van der Waals surface area contributed by atoms with Crippen LogP contribution in [-0.4, -0.2) is 23.9 Å². The van der Waals surface area contributed by atoms with Crippen molar-refractivity contribution in [1.82, 2.24) is 4.90 Å². The van der Waals surface area contributed by atoms with Crippen molar-refractivity contribution in [3.05, 3.63) is 33.8 Å². The molecule has 2 unspecified atom stereocenters. The maximum absolute atomic E-state index is 12.5. The molecule has 2 nitrogen and oxygen atoms in total. The Labute approximate surface area is 116 Å². The minimum Gasteiger partial charge on any atom is -0.338 e. The van der Waals surface area contributed by atoms with Crippen LogP contribution in [-0.2, 0) is 0 Å². The molecule has 1 saturated heterocycles. The Balaban J connectivity index is 1.77. The molecule has 0 bridgehead atoms. The Hall–Kier alpha value is -0.830. The zero-order valence-electron chi connectivity index (χ0n) is 10.7. The van der Waals surface area contributed by atoms with Crippen molar-refractivity contribution in [2.75, 3.05) is 13.1 Å². The van der Waals surface area contributed by atoms with Crippen molar-refractivity contribution in [3.8, 4) is 0 Å². The summed E-state index contributed by atoms with van der Waals surface area (Å²) in [5, 5.41) is 0. The quantitative estimate of drug-likeness (QED) is 0.776. The summed E-state index contributed by atoms with van der Waals surface area (Å²) in [4.78, 5) is 14.5.